The maximum atomic E-state index is 13.0. The summed E-state index contributed by atoms with van der Waals surface area (Å²) in [5.41, 5.74) is 0. The Bertz CT molecular complexity index is 3320. The lowest BCUT2D eigenvalue weighted by molar-refractivity contribution is -0.367. The second kappa shape index (κ2) is 40.6. The van der Waals surface area contributed by atoms with Gasteiger partial charge in [0.2, 0.25) is 23.6 Å². The number of carboxylic acids is 2. The van der Waals surface area contributed by atoms with E-state index in [1.54, 1.807) is 0 Å². The molecule has 0 aliphatic carbocycles. The Kier molecular flexibility index (Phi) is 34.4. The van der Waals surface area contributed by atoms with Crippen LogP contribution in [0.5, 0.6) is 0 Å². The van der Waals surface area contributed by atoms with Crippen LogP contribution < -0.4 is 31.9 Å². The van der Waals surface area contributed by atoms with Crippen molar-refractivity contribution in [2.45, 2.75) is 186 Å². The van der Waals surface area contributed by atoms with Crippen LogP contribution in [0.2, 0.25) is 0 Å². The predicted molar refractivity (Wildman–Crippen MR) is 331 cm³/mol. The molecule has 0 aromatic rings. The third-order valence-corrected chi connectivity index (χ3v) is 19.0. The molecular formula is C51H84N6O42S5. The molecule has 0 aromatic carbocycles. The van der Waals surface area contributed by atoms with Gasteiger partial charge in [0.05, 0.1) is 84.8 Å². The highest BCUT2D eigenvalue weighted by Gasteiger charge is 2.60. The number of carboxylic acid groups (broad SMARTS) is 2. The number of ether oxygens (including phenoxy) is 12. The molecule has 0 unspecified atom stereocenters. The Morgan fingerprint density at radius 2 is 0.952 bits per heavy atom. The topological polar surface area (TPSA) is 698 Å². The fourth-order valence-electron chi connectivity index (χ4n) is 11.2. The summed E-state index contributed by atoms with van der Waals surface area (Å²) >= 11 is 1.83. The van der Waals surface area contributed by atoms with Gasteiger partial charge in [-0.25, -0.2) is 31.1 Å². The van der Waals surface area contributed by atoms with Crippen molar-refractivity contribution < 1.29 is 195 Å². The largest absolute Gasteiger partial charge is 0.479 e. The lowest BCUT2D eigenvalue weighted by Gasteiger charge is -2.50. The van der Waals surface area contributed by atoms with Gasteiger partial charge in [-0.1, -0.05) is 6.42 Å². The van der Waals surface area contributed by atoms with Gasteiger partial charge in [0.25, 0.3) is 0 Å². The number of aliphatic carboxylic acids is 2. The van der Waals surface area contributed by atoms with E-state index in [-0.39, 0.29) is 83.2 Å². The average molecular weight is 1610 g/mol. The van der Waals surface area contributed by atoms with E-state index in [9.17, 15) is 121 Å². The maximum absolute atomic E-state index is 13.0. The predicted octanol–water partition coefficient (Wildman–Crippen LogP) is -9.53. The van der Waals surface area contributed by atoms with E-state index in [1.807, 2.05) is 17.1 Å². The number of aliphatic hydroxyl groups is 5. The third kappa shape index (κ3) is 28.3. The molecule has 23 atom stereocenters. The second-order valence-electron chi connectivity index (χ2n) is 23.4. The summed E-state index contributed by atoms with van der Waals surface area (Å²) in [6.45, 7) is -0.744. The lowest BCUT2D eigenvalue weighted by Crippen LogP contribution is -2.71. The van der Waals surface area contributed by atoms with Crippen molar-refractivity contribution in [1.29, 1.82) is 0 Å². The van der Waals surface area contributed by atoms with Gasteiger partial charge in [0.15, 0.2) is 37.4 Å². The number of urea groups is 1. The monoisotopic (exact) mass is 1610 g/mol. The van der Waals surface area contributed by atoms with Crippen LogP contribution in [0.1, 0.15) is 46.0 Å². The molecule has 600 valence electrons. The summed E-state index contributed by atoms with van der Waals surface area (Å²) in [5, 5.41) is 93.4. The number of carbonyl (C=O) groups excluding carboxylic acids is 5. The van der Waals surface area contributed by atoms with E-state index in [4.69, 9.17) is 61.0 Å². The van der Waals surface area contributed by atoms with Gasteiger partial charge < -0.3 is 124 Å². The molecule has 6 aliphatic rings. The van der Waals surface area contributed by atoms with Gasteiger partial charge in [-0.3, -0.25) is 37.4 Å². The van der Waals surface area contributed by atoms with Gasteiger partial charge in [-0.2, -0.15) is 45.4 Å². The Balaban J connectivity index is 1.00. The Hall–Kier alpha value is -4.76. The number of unbranched alkanes of at least 4 members (excludes halogenated alkanes) is 1. The molecule has 0 spiro atoms. The number of hydrogen-bond donors (Lipinski definition) is 17. The fourth-order valence-corrected chi connectivity index (χ4v) is 14.4. The zero-order valence-corrected chi connectivity index (χ0v) is 58.9. The molecule has 6 amide bonds. The maximum Gasteiger partial charge on any atom is 0.397 e. The van der Waals surface area contributed by atoms with Gasteiger partial charge in [-0.05, 0) is 12.8 Å². The fraction of sp³-hybridized carbons (Fsp3) is 0.863. The molecule has 53 heteroatoms. The quantitative estimate of drug-likeness (QED) is 0.0153. The van der Waals surface area contributed by atoms with Crippen LogP contribution in [0.25, 0.3) is 0 Å². The van der Waals surface area contributed by atoms with E-state index < -0.39 is 214 Å². The summed E-state index contributed by atoms with van der Waals surface area (Å²) in [6, 6.07) is -4.46. The molecule has 6 rings (SSSR count). The number of hydrogen-bond acceptors (Lipinski definition) is 37. The minimum Gasteiger partial charge on any atom is -0.479 e. The van der Waals surface area contributed by atoms with Gasteiger partial charge in [0.1, 0.15) is 85.3 Å². The first-order valence-corrected chi connectivity index (χ1v) is 37.9. The van der Waals surface area contributed by atoms with E-state index in [2.05, 4.69) is 39.1 Å². The van der Waals surface area contributed by atoms with E-state index in [1.165, 1.54) is 0 Å². The molecule has 6 aliphatic heterocycles. The van der Waals surface area contributed by atoms with E-state index >= 15 is 0 Å². The SMILES string of the molecule is CC(=O)N[C@H]1[C@H](O[C@H]2[C@H](O)[C@@H](O)[C@H](O[C@@H]3[C@@H](NC(C)=O)[C@H](O[C@H]4[C@H](O)[C@@H](O)[C@H](OCCNC(=O)CCOCCOCCOCCOCCNC(=O)CCCC[C@@H]5SC[C@@H]6NC(=O)N[C@@H]65)O[C@@H]4C(=O)O)O[C@H](COS(=O)(=O)O)[C@@H]3OS(=O)(=O)O)O[C@@H]2C(=O)O)O[C@H](COS(=O)(=O)O)[C@H](OS(=O)(=O)O)[C@@H]1O. The number of carbonyl (C=O) groups is 7. The van der Waals surface area contributed by atoms with Gasteiger partial charge >= 0.3 is 59.6 Å². The van der Waals surface area contributed by atoms with E-state index in [0.717, 1.165) is 38.9 Å². The van der Waals surface area contributed by atoms with Gasteiger partial charge in [0, 0.05) is 50.8 Å². The first kappa shape index (κ1) is 88.1. The van der Waals surface area contributed by atoms with E-state index in [0.29, 0.717) is 24.8 Å². The normalized spacial score (nSPS) is 33.2. The minimum atomic E-state index is -5.94. The Labute approximate surface area is 596 Å². The second-order valence-corrected chi connectivity index (χ2v) is 28.9. The molecule has 17 N–H and O–H groups in total. The Morgan fingerprint density at radius 1 is 0.500 bits per heavy atom. The number of nitrogens with one attached hydrogen (secondary N) is 6. The molecule has 0 bridgehead atoms. The summed E-state index contributed by atoms with van der Waals surface area (Å²) in [5.74, 6) is -6.35. The van der Waals surface area contributed by atoms with Crippen LogP contribution in [0.3, 0.4) is 0 Å². The highest BCUT2D eigenvalue weighted by molar-refractivity contribution is 8.00. The first-order valence-electron chi connectivity index (χ1n) is 31.4. The first-order chi connectivity index (χ1) is 48.7. The highest BCUT2D eigenvalue weighted by Crippen LogP contribution is 2.38. The van der Waals surface area contributed by atoms with Crippen molar-refractivity contribution in [3.8, 4) is 0 Å². The molecule has 6 heterocycles. The number of fused-ring (bicyclic) bond motifs is 1. The number of aliphatic hydroxyl groups excluding tert-OH is 5. The van der Waals surface area contributed by atoms with Crippen molar-refractivity contribution in [1.82, 2.24) is 31.9 Å². The smallest absolute Gasteiger partial charge is 0.397 e. The van der Waals surface area contributed by atoms with Crippen molar-refractivity contribution >= 4 is 95.0 Å². The lowest BCUT2D eigenvalue weighted by atomic mass is 9.94. The molecule has 0 saturated carbocycles. The van der Waals surface area contributed by atoms with Crippen LogP contribution >= 0.6 is 11.8 Å². The van der Waals surface area contributed by atoms with Crippen LogP contribution in [-0.2, 0) is 144 Å². The van der Waals surface area contributed by atoms with Crippen LogP contribution in [0, 0.1) is 0 Å². The zero-order valence-electron chi connectivity index (χ0n) is 54.8. The molecule has 0 aromatic heterocycles. The van der Waals surface area contributed by atoms with Crippen molar-refractivity contribution in [2.24, 2.45) is 0 Å². The summed E-state index contributed by atoms with van der Waals surface area (Å²) < 4.78 is 217. The Morgan fingerprint density at radius 3 is 1.47 bits per heavy atom. The minimum absolute atomic E-state index is 0.0717. The van der Waals surface area contributed by atoms with Crippen molar-refractivity contribution in [3.63, 3.8) is 0 Å². The molecule has 6 saturated heterocycles. The standard InChI is InChI=1S/C51H84N6O42S5/c1-22(58)54-31-33(62)38(98-103(78,79)80)25(19-89-101(72,73)74)91-47(31)94-42-35(64)37(66)50(97-44(42)46(69)70)93-40-32(55-23(2)59)48(92-26(20-90-102(75,76)77)39(40)99-104(81,82)83)95-41-34(63)36(65)49(96-43(41)45(67)68)88-12-9-53-29(61)7-10-84-13-15-86-17-18-87-16-14-85-11-8-52-28(60)6-4-3-5-27-30-24(21-100-27)56-51(71)57-30/h24-27,30-44,47-50,62-66H,3-21H2,1-2H3,(H,52,60)(H,53,61)(H,54,58)(H,55,59)(H,67,68)(H,69,70)(H2,56,57,71)(H,72,73,74)(H,75,76,77)(H,78,79,80)(H,81,82,83)/t24-,25+,26+,27-,30-,31+,32+,33+,34+,35+,36+,37+,38-,39-,40+,41-,42-,43-,44-,47-,48-,49+,50+/m0/s1. The van der Waals surface area contributed by atoms with Crippen LogP contribution in [-0.4, -0.2) is 361 Å². The molecule has 104 heavy (non-hydrogen) atoms. The summed E-state index contributed by atoms with van der Waals surface area (Å²) in [4.78, 5) is 87.4. The van der Waals surface area contributed by atoms with Gasteiger partial charge in [-0.15, -0.1) is 0 Å². The van der Waals surface area contributed by atoms with Crippen molar-refractivity contribution in [3.05, 3.63) is 0 Å². The molecule has 48 nitrogen and oxygen atoms in total. The number of amides is 6. The average Bonchev–Trinajstić information content (AvgIpc) is 0.871. The molecular weight excluding hydrogens is 1530 g/mol. The zero-order chi connectivity index (χ0) is 77.0. The van der Waals surface area contributed by atoms with Crippen LogP contribution in [0.4, 0.5) is 4.79 Å². The molecule has 6 fully saturated rings. The summed E-state index contributed by atoms with van der Waals surface area (Å²) in [7, 11) is -22.7. The number of thioether (sulfide) groups is 1. The van der Waals surface area contributed by atoms with Crippen molar-refractivity contribution in [2.75, 3.05) is 91.5 Å². The third-order valence-electron chi connectivity index (χ3n) is 15.7. The van der Waals surface area contributed by atoms with Crippen LogP contribution in [0.15, 0.2) is 0 Å². The summed E-state index contributed by atoms with van der Waals surface area (Å²) in [6.07, 6.45) is -43.3. The highest BCUT2D eigenvalue weighted by atomic mass is 32.3. The molecule has 0 radical (unpaired) electrons. The number of rotatable bonds is 44.